The molecule has 0 unspecified atom stereocenters. The lowest BCUT2D eigenvalue weighted by Crippen LogP contribution is -2.10. The Balaban J connectivity index is 2.03. The first-order chi connectivity index (χ1) is 12.0. The van der Waals surface area contributed by atoms with Crippen molar-refractivity contribution in [2.45, 2.75) is 31.7 Å². The van der Waals surface area contributed by atoms with Crippen LogP contribution in [0.5, 0.6) is 0 Å². The number of nitrogens with two attached hydrogens (primary N) is 1. The minimum atomic E-state index is -0.289. The van der Waals surface area contributed by atoms with Gasteiger partial charge in [-0.3, -0.25) is 4.79 Å². The molecule has 3 aromatic rings. The zero-order valence-corrected chi connectivity index (χ0v) is 15.6. The SMILES string of the molecule is Cc1nc(SCCCC(N)=O)c2c(-c3ccc(F)cc3)c(C)sc2n1. The number of halogens is 1. The van der Waals surface area contributed by atoms with Crippen molar-refractivity contribution in [2.75, 3.05) is 5.75 Å². The molecule has 0 bridgehead atoms. The van der Waals surface area contributed by atoms with Crippen molar-refractivity contribution in [3.63, 3.8) is 0 Å². The van der Waals surface area contributed by atoms with E-state index in [-0.39, 0.29) is 11.7 Å². The van der Waals surface area contributed by atoms with Crippen molar-refractivity contribution in [3.05, 3.63) is 40.8 Å². The van der Waals surface area contributed by atoms with E-state index in [0.717, 1.165) is 42.8 Å². The highest BCUT2D eigenvalue weighted by Gasteiger charge is 2.18. The Labute approximate surface area is 153 Å². The number of carbonyl (C=O) groups is 1. The normalized spacial score (nSPS) is 11.2. The van der Waals surface area contributed by atoms with Crippen LogP contribution < -0.4 is 5.73 Å². The van der Waals surface area contributed by atoms with E-state index in [0.29, 0.717) is 12.8 Å². The lowest BCUT2D eigenvalue weighted by Gasteiger charge is -2.07. The number of rotatable bonds is 6. The third kappa shape index (κ3) is 3.99. The molecule has 2 heterocycles. The molecule has 0 saturated carbocycles. The van der Waals surface area contributed by atoms with E-state index in [1.807, 2.05) is 13.8 Å². The highest BCUT2D eigenvalue weighted by molar-refractivity contribution is 7.99. The minimum absolute atomic E-state index is 0.255. The zero-order valence-electron chi connectivity index (χ0n) is 14.0. The van der Waals surface area contributed by atoms with Gasteiger partial charge in [-0.2, -0.15) is 0 Å². The molecule has 0 spiro atoms. The Morgan fingerprint density at radius 2 is 1.96 bits per heavy atom. The molecule has 2 aromatic heterocycles. The van der Waals surface area contributed by atoms with E-state index < -0.39 is 0 Å². The van der Waals surface area contributed by atoms with E-state index >= 15 is 0 Å². The minimum Gasteiger partial charge on any atom is -0.370 e. The van der Waals surface area contributed by atoms with Crippen LogP contribution in [0.3, 0.4) is 0 Å². The third-order valence-electron chi connectivity index (χ3n) is 3.75. The number of nitrogens with zero attached hydrogens (tertiary/aromatic N) is 2. The summed E-state index contributed by atoms with van der Waals surface area (Å²) in [7, 11) is 0. The number of amides is 1. The standard InChI is InChI=1S/C18H18FN3OS2/c1-10-15(12-5-7-13(19)8-6-12)16-17(24-9-3-4-14(20)23)21-11(2)22-18(16)25-10/h5-8H,3-4,9H2,1-2H3,(H2,20,23). The van der Waals surface area contributed by atoms with E-state index in [4.69, 9.17) is 5.73 Å². The van der Waals surface area contributed by atoms with Crippen LogP contribution in [0.1, 0.15) is 23.5 Å². The number of aryl methyl sites for hydroxylation is 2. The van der Waals surface area contributed by atoms with Crippen molar-refractivity contribution >= 4 is 39.2 Å². The zero-order chi connectivity index (χ0) is 18.0. The Morgan fingerprint density at radius 1 is 1.24 bits per heavy atom. The summed E-state index contributed by atoms with van der Waals surface area (Å²) < 4.78 is 13.3. The monoisotopic (exact) mass is 375 g/mol. The van der Waals surface area contributed by atoms with Gasteiger partial charge in [0, 0.05) is 22.6 Å². The maximum atomic E-state index is 13.3. The predicted octanol–water partition coefficient (Wildman–Crippen LogP) is 4.47. The molecule has 0 atom stereocenters. The molecule has 7 heteroatoms. The highest BCUT2D eigenvalue weighted by Crippen LogP contribution is 2.41. The summed E-state index contributed by atoms with van der Waals surface area (Å²) in [6.45, 7) is 3.92. The number of benzene rings is 1. The fraction of sp³-hybridized carbons (Fsp3) is 0.278. The summed E-state index contributed by atoms with van der Waals surface area (Å²) in [6.07, 6.45) is 1.08. The third-order valence-corrected chi connectivity index (χ3v) is 5.81. The molecule has 4 nitrogen and oxygen atoms in total. The summed E-state index contributed by atoms with van der Waals surface area (Å²) in [5.74, 6) is 0.931. The van der Waals surface area contributed by atoms with Gasteiger partial charge in [0.1, 0.15) is 21.5 Å². The molecule has 0 aliphatic heterocycles. The number of carbonyl (C=O) groups excluding carboxylic acids is 1. The first kappa shape index (κ1) is 17.8. The second kappa shape index (κ2) is 7.49. The van der Waals surface area contributed by atoms with Crippen LogP contribution in [0, 0.1) is 19.7 Å². The van der Waals surface area contributed by atoms with Gasteiger partial charge < -0.3 is 5.73 Å². The molecule has 1 amide bonds. The van der Waals surface area contributed by atoms with Gasteiger partial charge in [0.15, 0.2) is 0 Å². The van der Waals surface area contributed by atoms with Gasteiger partial charge in [0.25, 0.3) is 0 Å². The predicted molar refractivity (Wildman–Crippen MR) is 101 cm³/mol. The molecule has 2 N–H and O–H groups in total. The summed E-state index contributed by atoms with van der Waals surface area (Å²) in [5, 5.41) is 1.90. The summed E-state index contributed by atoms with van der Waals surface area (Å²) >= 11 is 3.22. The maximum absolute atomic E-state index is 13.3. The number of thioether (sulfide) groups is 1. The molecule has 130 valence electrons. The maximum Gasteiger partial charge on any atom is 0.217 e. The number of aromatic nitrogens is 2. The highest BCUT2D eigenvalue weighted by atomic mass is 32.2. The van der Waals surface area contributed by atoms with Crippen molar-refractivity contribution in [1.82, 2.24) is 9.97 Å². The molecule has 25 heavy (non-hydrogen) atoms. The Bertz CT molecular complexity index is 922. The van der Waals surface area contributed by atoms with Gasteiger partial charge in [0.05, 0.1) is 5.39 Å². The van der Waals surface area contributed by atoms with Gasteiger partial charge in [-0.1, -0.05) is 12.1 Å². The van der Waals surface area contributed by atoms with Crippen LogP contribution in [-0.4, -0.2) is 21.6 Å². The van der Waals surface area contributed by atoms with Crippen LogP contribution in [0.15, 0.2) is 29.3 Å². The van der Waals surface area contributed by atoms with Gasteiger partial charge in [-0.05, 0) is 38.0 Å². The van der Waals surface area contributed by atoms with Crippen molar-refractivity contribution < 1.29 is 9.18 Å². The van der Waals surface area contributed by atoms with Crippen LogP contribution >= 0.6 is 23.1 Å². The van der Waals surface area contributed by atoms with E-state index in [9.17, 15) is 9.18 Å². The first-order valence-corrected chi connectivity index (χ1v) is 9.70. The van der Waals surface area contributed by atoms with Gasteiger partial charge in [-0.15, -0.1) is 23.1 Å². The van der Waals surface area contributed by atoms with E-state index in [1.165, 1.54) is 12.1 Å². The number of primary amides is 1. The molecule has 3 rings (SSSR count). The number of hydrogen-bond donors (Lipinski definition) is 1. The fourth-order valence-corrected chi connectivity index (χ4v) is 4.84. The largest absolute Gasteiger partial charge is 0.370 e. The van der Waals surface area contributed by atoms with Crippen molar-refractivity contribution in [2.24, 2.45) is 5.73 Å². The van der Waals surface area contributed by atoms with Crippen molar-refractivity contribution in [3.8, 4) is 11.1 Å². The van der Waals surface area contributed by atoms with E-state index in [1.54, 1.807) is 35.2 Å². The van der Waals surface area contributed by atoms with Gasteiger partial charge in [0.2, 0.25) is 5.91 Å². The van der Waals surface area contributed by atoms with Gasteiger partial charge >= 0.3 is 0 Å². The average molecular weight is 375 g/mol. The second-order valence-electron chi connectivity index (χ2n) is 5.71. The van der Waals surface area contributed by atoms with Crippen LogP contribution in [0.4, 0.5) is 4.39 Å². The Kier molecular flexibility index (Phi) is 5.34. The van der Waals surface area contributed by atoms with Crippen LogP contribution in [0.25, 0.3) is 21.3 Å². The smallest absolute Gasteiger partial charge is 0.217 e. The summed E-state index contributed by atoms with van der Waals surface area (Å²) in [5.41, 5.74) is 7.21. The molecule has 1 aromatic carbocycles. The molecule has 0 radical (unpaired) electrons. The quantitative estimate of drug-likeness (QED) is 0.392. The lowest BCUT2D eigenvalue weighted by molar-refractivity contribution is -0.118. The fourth-order valence-electron chi connectivity index (χ4n) is 2.67. The molecule has 0 aliphatic carbocycles. The van der Waals surface area contributed by atoms with Crippen molar-refractivity contribution in [1.29, 1.82) is 0 Å². The van der Waals surface area contributed by atoms with E-state index in [2.05, 4.69) is 9.97 Å². The molecular formula is C18H18FN3OS2. The summed E-state index contributed by atoms with van der Waals surface area (Å²) in [4.78, 5) is 22.1. The van der Waals surface area contributed by atoms with Crippen LogP contribution in [-0.2, 0) is 4.79 Å². The van der Waals surface area contributed by atoms with Gasteiger partial charge in [-0.25, -0.2) is 14.4 Å². The Morgan fingerprint density at radius 3 is 2.64 bits per heavy atom. The second-order valence-corrected chi connectivity index (χ2v) is 8.00. The lowest BCUT2D eigenvalue weighted by atomic mass is 10.0. The van der Waals surface area contributed by atoms with Crippen LogP contribution in [0.2, 0.25) is 0 Å². The number of hydrogen-bond acceptors (Lipinski definition) is 5. The molecule has 0 aliphatic rings. The number of thiophene rings is 1. The molecule has 0 saturated heterocycles. The molecule has 0 fully saturated rings. The average Bonchev–Trinajstić information content (AvgIpc) is 2.88. The summed E-state index contributed by atoms with van der Waals surface area (Å²) in [6, 6.07) is 6.50. The Hall–Kier alpha value is -1.99. The topological polar surface area (TPSA) is 68.9 Å². The molecular weight excluding hydrogens is 357 g/mol. The number of fused-ring (bicyclic) bond motifs is 1. The first-order valence-electron chi connectivity index (χ1n) is 7.90.